The molecule has 0 saturated carbocycles. The van der Waals surface area contributed by atoms with Crippen LogP contribution in [0.3, 0.4) is 0 Å². The van der Waals surface area contributed by atoms with E-state index in [1.165, 1.54) is 23.1 Å². The second kappa shape index (κ2) is 6.96. The van der Waals surface area contributed by atoms with Gasteiger partial charge in [-0.2, -0.15) is 13.2 Å². The molecule has 2 atom stereocenters. The SMILES string of the molecule is O=C1C2=CC(O)(COCC(F)(F)F)CC2CN1c1ccc(OC(F)(F)F)cc1. The van der Waals surface area contributed by atoms with Crippen LogP contribution >= 0.6 is 0 Å². The quantitative estimate of drug-likeness (QED) is 0.757. The lowest BCUT2D eigenvalue weighted by atomic mass is 9.99. The number of fused-ring (bicyclic) bond motifs is 1. The molecule has 2 aliphatic rings. The maximum absolute atomic E-state index is 12.5. The maximum Gasteiger partial charge on any atom is 0.573 e. The smallest absolute Gasteiger partial charge is 0.406 e. The Labute approximate surface area is 155 Å². The molecule has 0 bridgehead atoms. The molecule has 28 heavy (non-hydrogen) atoms. The van der Waals surface area contributed by atoms with Crippen LogP contribution in [0.15, 0.2) is 35.9 Å². The fraction of sp³-hybridized carbons (Fsp3) is 0.471. The van der Waals surface area contributed by atoms with Gasteiger partial charge in [0.05, 0.1) is 6.61 Å². The number of hydrogen-bond donors (Lipinski definition) is 1. The van der Waals surface area contributed by atoms with Crippen LogP contribution in [0.25, 0.3) is 0 Å². The summed E-state index contributed by atoms with van der Waals surface area (Å²) in [7, 11) is 0. The summed E-state index contributed by atoms with van der Waals surface area (Å²) in [4.78, 5) is 13.9. The molecule has 0 spiro atoms. The second-order valence-corrected chi connectivity index (χ2v) is 6.67. The average Bonchev–Trinajstić information content (AvgIpc) is 3.00. The van der Waals surface area contributed by atoms with E-state index in [2.05, 4.69) is 9.47 Å². The number of rotatable bonds is 5. The van der Waals surface area contributed by atoms with Gasteiger partial charge in [-0.05, 0) is 36.8 Å². The first-order valence-corrected chi connectivity index (χ1v) is 8.13. The zero-order chi connectivity index (χ0) is 20.7. The third-order valence-electron chi connectivity index (χ3n) is 4.36. The summed E-state index contributed by atoms with van der Waals surface area (Å²) < 4.78 is 81.3. The molecule has 11 heteroatoms. The topological polar surface area (TPSA) is 59.0 Å². The number of halogens is 6. The van der Waals surface area contributed by atoms with Crippen molar-refractivity contribution in [1.29, 1.82) is 0 Å². The molecule has 1 fully saturated rings. The summed E-state index contributed by atoms with van der Waals surface area (Å²) in [5.74, 6) is -1.32. The molecule has 1 heterocycles. The minimum Gasteiger partial charge on any atom is -0.406 e. The Hall–Kier alpha value is -2.27. The van der Waals surface area contributed by atoms with E-state index < -0.39 is 48.9 Å². The number of hydrogen-bond acceptors (Lipinski definition) is 4. The van der Waals surface area contributed by atoms with Crippen LogP contribution in [0.5, 0.6) is 5.75 Å². The molecule has 154 valence electrons. The van der Waals surface area contributed by atoms with Gasteiger partial charge in [0.15, 0.2) is 0 Å². The number of carbonyl (C=O) groups is 1. The molecule has 3 rings (SSSR count). The van der Waals surface area contributed by atoms with Crippen LogP contribution in [-0.2, 0) is 9.53 Å². The molecular formula is C17H15F6NO4. The predicted octanol–water partition coefficient (Wildman–Crippen LogP) is 3.19. The molecule has 0 radical (unpaired) electrons. The van der Waals surface area contributed by atoms with E-state index in [-0.39, 0.29) is 18.5 Å². The van der Waals surface area contributed by atoms with Crippen LogP contribution in [0.1, 0.15) is 6.42 Å². The molecule has 1 aromatic carbocycles. The van der Waals surface area contributed by atoms with Gasteiger partial charge in [0.2, 0.25) is 0 Å². The van der Waals surface area contributed by atoms with Gasteiger partial charge in [-0.1, -0.05) is 0 Å². The van der Waals surface area contributed by atoms with Gasteiger partial charge in [-0.25, -0.2) is 0 Å². The van der Waals surface area contributed by atoms with Gasteiger partial charge in [0.25, 0.3) is 5.91 Å². The highest BCUT2D eigenvalue weighted by Crippen LogP contribution is 2.41. The van der Waals surface area contributed by atoms with Crippen LogP contribution in [0.4, 0.5) is 32.0 Å². The first kappa shape index (κ1) is 20.5. The van der Waals surface area contributed by atoms with Crippen molar-refractivity contribution in [3.05, 3.63) is 35.9 Å². The minimum absolute atomic E-state index is 0.0116. The summed E-state index contributed by atoms with van der Waals surface area (Å²) in [6, 6.07) is 4.72. The summed E-state index contributed by atoms with van der Waals surface area (Å²) >= 11 is 0. The first-order valence-electron chi connectivity index (χ1n) is 8.13. The minimum atomic E-state index is -4.83. The van der Waals surface area contributed by atoms with E-state index in [0.717, 1.165) is 12.1 Å². The van der Waals surface area contributed by atoms with Crippen molar-refractivity contribution >= 4 is 11.6 Å². The van der Waals surface area contributed by atoms with Crippen molar-refractivity contribution in [2.24, 2.45) is 5.92 Å². The fourth-order valence-corrected chi connectivity index (χ4v) is 3.36. The molecular weight excluding hydrogens is 396 g/mol. The molecule has 5 nitrogen and oxygen atoms in total. The van der Waals surface area contributed by atoms with E-state index >= 15 is 0 Å². The number of benzene rings is 1. The Balaban J connectivity index is 1.66. The van der Waals surface area contributed by atoms with Crippen molar-refractivity contribution in [1.82, 2.24) is 0 Å². The van der Waals surface area contributed by atoms with Crippen molar-refractivity contribution < 1.29 is 45.7 Å². The average molecular weight is 411 g/mol. The third kappa shape index (κ3) is 4.76. The number of ether oxygens (including phenoxy) is 2. The maximum atomic E-state index is 12.5. The number of carbonyl (C=O) groups excluding carboxylic acids is 1. The highest BCUT2D eigenvalue weighted by Gasteiger charge is 2.47. The van der Waals surface area contributed by atoms with Crippen molar-refractivity contribution in [2.75, 3.05) is 24.7 Å². The Morgan fingerprint density at radius 1 is 1.14 bits per heavy atom. The van der Waals surface area contributed by atoms with Crippen LogP contribution in [0, 0.1) is 5.92 Å². The van der Waals surface area contributed by atoms with Gasteiger partial charge in [0.1, 0.15) is 18.0 Å². The van der Waals surface area contributed by atoms with Crippen molar-refractivity contribution in [3.63, 3.8) is 0 Å². The van der Waals surface area contributed by atoms with Crippen LogP contribution in [-0.4, -0.2) is 48.9 Å². The Bertz CT molecular complexity index is 773. The monoisotopic (exact) mass is 411 g/mol. The number of aliphatic hydroxyl groups is 1. The summed E-state index contributed by atoms with van der Waals surface area (Å²) in [6.45, 7) is -1.95. The number of alkyl halides is 6. The highest BCUT2D eigenvalue weighted by atomic mass is 19.4. The van der Waals surface area contributed by atoms with Crippen LogP contribution in [0.2, 0.25) is 0 Å². The molecule has 1 amide bonds. The molecule has 2 unspecified atom stereocenters. The first-order chi connectivity index (χ1) is 12.9. The largest absolute Gasteiger partial charge is 0.573 e. The standard InChI is InChI=1S/C17H15F6NO4/c18-16(19,20)9-27-8-15(26)5-10-7-24(14(25)13(10)6-15)11-1-3-12(4-2-11)28-17(21,22)23/h1-4,6,10,26H,5,7-9H2. The Morgan fingerprint density at radius 2 is 1.79 bits per heavy atom. The predicted molar refractivity (Wildman–Crippen MR) is 83.5 cm³/mol. The van der Waals surface area contributed by atoms with E-state index in [9.17, 15) is 36.2 Å². The van der Waals surface area contributed by atoms with E-state index in [4.69, 9.17) is 0 Å². The summed E-state index contributed by atoms with van der Waals surface area (Å²) in [5, 5.41) is 10.4. The normalized spacial score (nSPS) is 25.1. The van der Waals surface area contributed by atoms with E-state index in [1.54, 1.807) is 0 Å². The molecule has 1 N–H and O–H groups in total. The van der Waals surface area contributed by atoms with Gasteiger partial charge >= 0.3 is 12.5 Å². The molecule has 1 aromatic rings. The number of anilines is 1. The molecule has 1 saturated heterocycles. The number of amides is 1. The lowest BCUT2D eigenvalue weighted by Gasteiger charge is -2.24. The van der Waals surface area contributed by atoms with Gasteiger partial charge < -0.3 is 19.5 Å². The molecule has 0 aromatic heterocycles. The van der Waals surface area contributed by atoms with Crippen LogP contribution < -0.4 is 9.64 Å². The highest BCUT2D eigenvalue weighted by molar-refractivity contribution is 6.09. The Kier molecular flexibility index (Phi) is 5.09. The van der Waals surface area contributed by atoms with Gasteiger partial charge in [-0.15, -0.1) is 13.2 Å². The lowest BCUT2D eigenvalue weighted by molar-refractivity contribution is -0.274. The van der Waals surface area contributed by atoms with Gasteiger partial charge in [-0.3, -0.25) is 4.79 Å². The summed E-state index contributed by atoms with van der Waals surface area (Å²) in [5.41, 5.74) is -1.09. The third-order valence-corrected chi connectivity index (χ3v) is 4.36. The zero-order valence-corrected chi connectivity index (χ0v) is 14.2. The lowest BCUT2D eigenvalue weighted by Crippen LogP contribution is -2.35. The Morgan fingerprint density at radius 3 is 2.32 bits per heavy atom. The summed E-state index contributed by atoms with van der Waals surface area (Å²) in [6.07, 6.45) is -8.13. The fourth-order valence-electron chi connectivity index (χ4n) is 3.36. The van der Waals surface area contributed by atoms with Gasteiger partial charge in [0, 0.05) is 23.7 Å². The van der Waals surface area contributed by atoms with E-state index in [0.29, 0.717) is 5.69 Å². The second-order valence-electron chi connectivity index (χ2n) is 6.67. The van der Waals surface area contributed by atoms with E-state index in [1.807, 2.05) is 0 Å². The molecule has 1 aliphatic heterocycles. The van der Waals surface area contributed by atoms with Crippen molar-refractivity contribution in [3.8, 4) is 5.75 Å². The number of nitrogens with zero attached hydrogens (tertiary/aromatic N) is 1. The zero-order valence-electron chi connectivity index (χ0n) is 14.2. The van der Waals surface area contributed by atoms with Crippen molar-refractivity contribution in [2.45, 2.75) is 24.6 Å². The molecule has 1 aliphatic carbocycles.